The van der Waals surface area contributed by atoms with Gasteiger partial charge < -0.3 is 15.3 Å². The molecule has 130 valence electrons. The summed E-state index contributed by atoms with van der Waals surface area (Å²) in [5.41, 5.74) is 1.58. The number of benzene rings is 1. The predicted molar refractivity (Wildman–Crippen MR) is 92.6 cm³/mol. The van der Waals surface area contributed by atoms with E-state index >= 15 is 0 Å². The van der Waals surface area contributed by atoms with E-state index in [1.807, 2.05) is 0 Å². The summed E-state index contributed by atoms with van der Waals surface area (Å²) in [6, 6.07) is 3.80. The molecule has 0 unspecified atom stereocenters. The van der Waals surface area contributed by atoms with Gasteiger partial charge in [-0.25, -0.2) is 9.78 Å². The normalized spacial score (nSPS) is 21.2. The molecule has 2 aromatic rings. The van der Waals surface area contributed by atoms with Gasteiger partial charge in [-0.15, -0.1) is 0 Å². The highest BCUT2D eigenvalue weighted by atomic mass is 35.5. The number of carbonyl (C=O) groups excluding carboxylic acids is 1. The number of hydrogen-bond acceptors (Lipinski definition) is 3. The van der Waals surface area contributed by atoms with E-state index in [0.29, 0.717) is 12.0 Å². The molecule has 0 radical (unpaired) electrons. The van der Waals surface area contributed by atoms with E-state index in [0.717, 1.165) is 18.4 Å². The number of aromatic nitrogens is 1. The molecule has 1 aromatic carbocycles. The van der Waals surface area contributed by atoms with Crippen molar-refractivity contribution in [3.8, 4) is 5.75 Å². The molecule has 8 heteroatoms. The maximum Gasteiger partial charge on any atom is 0.322 e. The molecule has 2 atom stereocenters. The number of rotatable bonds is 1. The van der Waals surface area contributed by atoms with Crippen molar-refractivity contribution >= 4 is 34.9 Å². The van der Waals surface area contributed by atoms with Gasteiger partial charge in [-0.1, -0.05) is 23.2 Å². The lowest BCUT2D eigenvalue weighted by atomic mass is 9.95. The summed E-state index contributed by atoms with van der Waals surface area (Å²) in [5, 5.41) is 13.1. The number of carbonyl (C=O) groups is 1. The van der Waals surface area contributed by atoms with Crippen LogP contribution >= 0.6 is 23.2 Å². The first-order valence-corrected chi connectivity index (χ1v) is 8.62. The monoisotopic (exact) mass is 381 g/mol. The molecule has 4 rings (SSSR count). The van der Waals surface area contributed by atoms with Crippen molar-refractivity contribution in [2.45, 2.75) is 31.3 Å². The van der Waals surface area contributed by atoms with Crippen molar-refractivity contribution < 1.29 is 14.3 Å². The average Bonchev–Trinajstić information content (AvgIpc) is 2.89. The minimum atomic E-state index is -0.461. The van der Waals surface area contributed by atoms with Crippen molar-refractivity contribution in [1.29, 1.82) is 0 Å². The SMILES string of the molecule is O=C(Nc1cc(Cl)c(Cl)cc1O)N1[C@H]2CC[C@@H]1c1ccnc(F)c1C2. The van der Waals surface area contributed by atoms with Crippen LogP contribution in [0, 0.1) is 5.95 Å². The van der Waals surface area contributed by atoms with Crippen molar-refractivity contribution in [2.24, 2.45) is 0 Å². The summed E-state index contributed by atoms with van der Waals surface area (Å²) in [6.07, 6.45) is 3.42. The first-order valence-electron chi connectivity index (χ1n) is 7.86. The van der Waals surface area contributed by atoms with E-state index in [2.05, 4.69) is 10.3 Å². The van der Waals surface area contributed by atoms with Crippen LogP contribution in [-0.4, -0.2) is 27.1 Å². The Hall–Kier alpha value is -2.05. The number of pyridine rings is 1. The Bertz CT molecular complexity index is 877. The Labute approximate surface area is 153 Å². The van der Waals surface area contributed by atoms with Gasteiger partial charge in [0.25, 0.3) is 0 Å². The number of fused-ring (bicyclic) bond motifs is 4. The van der Waals surface area contributed by atoms with Crippen LogP contribution in [0.25, 0.3) is 0 Å². The van der Waals surface area contributed by atoms with Crippen LogP contribution in [0.1, 0.15) is 30.0 Å². The second kappa shape index (κ2) is 6.04. The molecule has 1 fully saturated rings. The minimum absolute atomic E-state index is 0.0962. The van der Waals surface area contributed by atoms with Crippen molar-refractivity contribution in [3.05, 3.63) is 51.5 Å². The van der Waals surface area contributed by atoms with Crippen LogP contribution in [0.4, 0.5) is 14.9 Å². The van der Waals surface area contributed by atoms with E-state index in [1.165, 1.54) is 18.3 Å². The lowest BCUT2D eigenvalue weighted by Crippen LogP contribution is -2.44. The molecule has 2 aliphatic rings. The van der Waals surface area contributed by atoms with Gasteiger partial charge in [0.2, 0.25) is 5.95 Å². The molecule has 2 aliphatic heterocycles. The molecule has 2 amide bonds. The van der Waals surface area contributed by atoms with Gasteiger partial charge >= 0.3 is 6.03 Å². The summed E-state index contributed by atoms with van der Waals surface area (Å²) in [4.78, 5) is 18.2. The van der Waals surface area contributed by atoms with Crippen LogP contribution in [0.3, 0.4) is 0 Å². The van der Waals surface area contributed by atoms with Gasteiger partial charge in [0.1, 0.15) is 5.75 Å². The Morgan fingerprint density at radius 1 is 1.32 bits per heavy atom. The number of nitrogens with zero attached hydrogens (tertiary/aromatic N) is 2. The Balaban J connectivity index is 1.63. The maximum absolute atomic E-state index is 14.0. The van der Waals surface area contributed by atoms with Gasteiger partial charge in [0.15, 0.2) is 0 Å². The highest BCUT2D eigenvalue weighted by Crippen LogP contribution is 2.44. The fourth-order valence-corrected chi connectivity index (χ4v) is 4.06. The van der Waals surface area contributed by atoms with E-state index in [1.54, 1.807) is 11.0 Å². The molecule has 2 bridgehead atoms. The molecule has 25 heavy (non-hydrogen) atoms. The summed E-state index contributed by atoms with van der Waals surface area (Å²) >= 11 is 11.8. The van der Waals surface area contributed by atoms with Crippen molar-refractivity contribution in [3.63, 3.8) is 0 Å². The number of halogens is 3. The third kappa shape index (κ3) is 2.69. The van der Waals surface area contributed by atoms with Gasteiger partial charge in [0, 0.05) is 23.9 Å². The molecule has 1 saturated heterocycles. The highest BCUT2D eigenvalue weighted by molar-refractivity contribution is 6.42. The number of phenolic OH excluding ortho intramolecular Hbond substituents is 1. The fourth-order valence-electron chi connectivity index (χ4n) is 3.74. The average molecular weight is 382 g/mol. The molecule has 1 aromatic heterocycles. The van der Waals surface area contributed by atoms with Gasteiger partial charge in [-0.05, 0) is 37.0 Å². The number of hydrogen-bond donors (Lipinski definition) is 2. The summed E-state index contributed by atoms with van der Waals surface area (Å²) in [7, 11) is 0. The van der Waals surface area contributed by atoms with Crippen molar-refractivity contribution in [2.75, 3.05) is 5.32 Å². The third-order valence-electron chi connectivity index (χ3n) is 4.86. The van der Waals surface area contributed by atoms with Crippen LogP contribution in [-0.2, 0) is 6.42 Å². The fraction of sp³-hybridized carbons (Fsp3) is 0.294. The molecule has 3 heterocycles. The molecule has 0 saturated carbocycles. The van der Waals surface area contributed by atoms with Gasteiger partial charge in [0.05, 0.1) is 21.8 Å². The second-order valence-corrected chi connectivity index (χ2v) is 7.06. The number of aromatic hydroxyl groups is 1. The van der Waals surface area contributed by atoms with E-state index in [-0.39, 0.29) is 39.6 Å². The quantitative estimate of drug-likeness (QED) is 0.563. The molecule has 5 nitrogen and oxygen atoms in total. The highest BCUT2D eigenvalue weighted by Gasteiger charge is 2.43. The predicted octanol–water partition coefficient (Wildman–Crippen LogP) is 4.53. The zero-order valence-corrected chi connectivity index (χ0v) is 14.5. The van der Waals surface area contributed by atoms with E-state index in [4.69, 9.17) is 23.2 Å². The van der Waals surface area contributed by atoms with Crippen LogP contribution in [0.15, 0.2) is 24.4 Å². The lowest BCUT2D eigenvalue weighted by molar-refractivity contribution is 0.178. The van der Waals surface area contributed by atoms with Gasteiger partial charge in [-0.2, -0.15) is 4.39 Å². The smallest absolute Gasteiger partial charge is 0.322 e. The number of amides is 2. The standard InChI is InChI=1S/C17H14Cl2FN3O2/c18-11-6-13(15(24)7-12(11)19)22-17(25)23-8-1-2-14(23)9-3-4-21-16(20)10(9)5-8/h3-4,6-8,14,24H,1-2,5H2,(H,22,25)/t8-,14+/m0/s1. The Morgan fingerprint density at radius 3 is 2.88 bits per heavy atom. The Kier molecular flexibility index (Phi) is 3.96. The summed E-state index contributed by atoms with van der Waals surface area (Å²) < 4.78 is 14.0. The first kappa shape index (κ1) is 16.4. The Morgan fingerprint density at radius 2 is 2.08 bits per heavy atom. The van der Waals surface area contributed by atoms with E-state index < -0.39 is 5.95 Å². The summed E-state index contributed by atoms with van der Waals surface area (Å²) in [5.74, 6) is -0.626. The molecular weight excluding hydrogens is 368 g/mol. The minimum Gasteiger partial charge on any atom is -0.506 e. The lowest BCUT2D eigenvalue weighted by Gasteiger charge is -2.36. The van der Waals surface area contributed by atoms with Crippen LogP contribution < -0.4 is 5.32 Å². The van der Waals surface area contributed by atoms with Gasteiger partial charge in [-0.3, -0.25) is 0 Å². The molecule has 0 spiro atoms. The zero-order chi connectivity index (χ0) is 17.7. The largest absolute Gasteiger partial charge is 0.506 e. The molecule has 2 N–H and O–H groups in total. The topological polar surface area (TPSA) is 65.5 Å². The number of phenols is 1. The zero-order valence-electron chi connectivity index (χ0n) is 13.0. The maximum atomic E-state index is 14.0. The summed E-state index contributed by atoms with van der Waals surface area (Å²) in [6.45, 7) is 0. The second-order valence-electron chi connectivity index (χ2n) is 6.24. The van der Waals surface area contributed by atoms with E-state index in [9.17, 15) is 14.3 Å². The third-order valence-corrected chi connectivity index (χ3v) is 5.58. The first-order chi connectivity index (χ1) is 12.0. The number of anilines is 1. The molecule has 0 aliphatic carbocycles. The number of urea groups is 1. The van der Waals surface area contributed by atoms with Crippen molar-refractivity contribution in [1.82, 2.24) is 9.88 Å². The number of nitrogens with one attached hydrogen (secondary N) is 1. The molecular formula is C17H14Cl2FN3O2. The van der Waals surface area contributed by atoms with Crippen LogP contribution in [0.5, 0.6) is 5.75 Å². The van der Waals surface area contributed by atoms with Crippen LogP contribution in [0.2, 0.25) is 10.0 Å².